The van der Waals surface area contributed by atoms with Crippen LogP contribution in [0, 0.1) is 11.3 Å². The minimum absolute atomic E-state index is 0.611. The second-order valence-electron chi connectivity index (χ2n) is 4.48. The van der Waals surface area contributed by atoms with Crippen LogP contribution in [0.3, 0.4) is 0 Å². The second-order valence-corrected chi connectivity index (χ2v) is 4.48. The van der Waals surface area contributed by atoms with E-state index < -0.39 is 0 Å². The first-order valence-corrected chi connectivity index (χ1v) is 6.88. The van der Waals surface area contributed by atoms with Crippen molar-refractivity contribution in [3.05, 3.63) is 29.8 Å². The third kappa shape index (κ3) is 4.82. The number of nitrogens with zero attached hydrogens (tertiary/aromatic N) is 2. The van der Waals surface area contributed by atoms with E-state index in [1.54, 1.807) is 0 Å². The Morgan fingerprint density at radius 1 is 0.800 bits per heavy atom. The fourth-order valence-corrected chi connectivity index (χ4v) is 2.01. The van der Waals surface area contributed by atoms with E-state index in [1.165, 1.54) is 0 Å². The molecule has 1 aromatic rings. The summed E-state index contributed by atoms with van der Waals surface area (Å²) in [5, 5.41) is 8.83. The minimum Gasteiger partial charge on any atom is -0.377 e. The molecule has 0 unspecified atom stereocenters. The normalized spacial score (nSPS) is 18.6. The molecule has 0 aromatic heterocycles. The maximum atomic E-state index is 8.83. The molecule has 1 aliphatic rings. The maximum Gasteiger partial charge on any atom is 0.0991 e. The lowest BCUT2D eigenvalue weighted by Crippen LogP contribution is -2.32. The number of hydrogen-bond donors (Lipinski definition) is 0. The van der Waals surface area contributed by atoms with Crippen molar-refractivity contribution in [2.45, 2.75) is 0 Å². The first kappa shape index (κ1) is 14.8. The predicted octanol–water partition coefficient (Wildman–Crippen LogP) is 1.43. The van der Waals surface area contributed by atoms with E-state index in [4.69, 9.17) is 19.5 Å². The van der Waals surface area contributed by atoms with E-state index in [2.05, 4.69) is 11.0 Å². The van der Waals surface area contributed by atoms with Gasteiger partial charge in [0.25, 0.3) is 0 Å². The van der Waals surface area contributed by atoms with E-state index in [0.717, 1.165) is 18.8 Å². The van der Waals surface area contributed by atoms with Gasteiger partial charge in [0, 0.05) is 18.8 Å². The molecule has 2 rings (SSSR count). The SMILES string of the molecule is N#Cc1ccc(N2CCOCCOCCOCC2)cc1. The highest BCUT2D eigenvalue weighted by Crippen LogP contribution is 2.14. The van der Waals surface area contributed by atoms with Crippen LogP contribution in [-0.4, -0.2) is 52.7 Å². The van der Waals surface area contributed by atoms with Crippen molar-refractivity contribution in [3.8, 4) is 6.07 Å². The summed E-state index contributed by atoms with van der Waals surface area (Å²) < 4.78 is 16.4. The fourth-order valence-electron chi connectivity index (χ4n) is 2.01. The third-order valence-electron chi connectivity index (χ3n) is 3.12. The lowest BCUT2D eigenvalue weighted by atomic mass is 10.2. The van der Waals surface area contributed by atoms with Crippen molar-refractivity contribution in [1.82, 2.24) is 0 Å². The lowest BCUT2D eigenvalue weighted by Gasteiger charge is -2.25. The van der Waals surface area contributed by atoms with Crippen molar-refractivity contribution in [2.24, 2.45) is 0 Å². The Hall–Kier alpha value is -1.61. The van der Waals surface area contributed by atoms with Gasteiger partial charge in [0.15, 0.2) is 0 Å². The summed E-state index contributed by atoms with van der Waals surface area (Å²) in [6, 6.07) is 9.73. The summed E-state index contributed by atoms with van der Waals surface area (Å²) in [5.41, 5.74) is 1.76. The van der Waals surface area contributed by atoms with Crippen molar-refractivity contribution in [3.63, 3.8) is 0 Å². The van der Waals surface area contributed by atoms with Crippen LogP contribution in [0.15, 0.2) is 24.3 Å². The molecule has 0 radical (unpaired) electrons. The zero-order valence-electron chi connectivity index (χ0n) is 11.6. The molecular formula is C15H20N2O3. The Morgan fingerprint density at radius 2 is 1.30 bits per heavy atom. The van der Waals surface area contributed by atoms with Gasteiger partial charge in [-0.3, -0.25) is 0 Å². The Morgan fingerprint density at radius 3 is 1.80 bits per heavy atom. The molecule has 0 spiro atoms. The maximum absolute atomic E-state index is 8.83. The van der Waals surface area contributed by atoms with Crippen molar-refractivity contribution in [2.75, 3.05) is 57.6 Å². The molecule has 108 valence electrons. The molecule has 1 saturated heterocycles. The molecule has 0 atom stereocenters. The topological polar surface area (TPSA) is 54.7 Å². The number of nitriles is 1. The van der Waals surface area contributed by atoms with Crippen LogP contribution >= 0.6 is 0 Å². The average molecular weight is 276 g/mol. The highest BCUT2D eigenvalue weighted by atomic mass is 16.5. The highest BCUT2D eigenvalue weighted by molar-refractivity contribution is 5.49. The van der Waals surface area contributed by atoms with E-state index in [9.17, 15) is 0 Å². The first-order valence-electron chi connectivity index (χ1n) is 6.88. The van der Waals surface area contributed by atoms with Gasteiger partial charge in [-0.15, -0.1) is 0 Å². The summed E-state index contributed by atoms with van der Waals surface area (Å²) in [6.45, 7) is 5.36. The Kier molecular flexibility index (Phi) is 6.32. The minimum atomic E-state index is 0.611. The Bertz CT molecular complexity index is 416. The molecule has 1 fully saturated rings. The van der Waals surface area contributed by atoms with Gasteiger partial charge in [-0.25, -0.2) is 0 Å². The van der Waals surface area contributed by atoms with Crippen LogP contribution in [0.25, 0.3) is 0 Å². The molecular weight excluding hydrogens is 256 g/mol. The second kappa shape index (κ2) is 8.54. The van der Waals surface area contributed by atoms with Gasteiger partial charge in [-0.2, -0.15) is 5.26 Å². The molecule has 5 heteroatoms. The number of anilines is 1. The van der Waals surface area contributed by atoms with E-state index >= 15 is 0 Å². The van der Waals surface area contributed by atoms with Crippen LogP contribution < -0.4 is 4.90 Å². The largest absolute Gasteiger partial charge is 0.377 e. The molecule has 5 nitrogen and oxygen atoms in total. The number of benzene rings is 1. The summed E-state index contributed by atoms with van der Waals surface area (Å²) in [6.07, 6.45) is 0. The van der Waals surface area contributed by atoms with Crippen LogP contribution in [0.1, 0.15) is 5.56 Å². The van der Waals surface area contributed by atoms with Gasteiger partial charge < -0.3 is 19.1 Å². The molecule has 1 heterocycles. The monoisotopic (exact) mass is 276 g/mol. The fraction of sp³-hybridized carbons (Fsp3) is 0.533. The molecule has 20 heavy (non-hydrogen) atoms. The number of rotatable bonds is 1. The molecule has 0 amide bonds. The quantitative estimate of drug-likeness (QED) is 0.776. The zero-order valence-corrected chi connectivity index (χ0v) is 11.6. The summed E-state index contributed by atoms with van der Waals surface area (Å²) in [7, 11) is 0. The summed E-state index contributed by atoms with van der Waals surface area (Å²) >= 11 is 0. The van der Waals surface area contributed by atoms with Crippen LogP contribution in [0.4, 0.5) is 5.69 Å². The number of ether oxygens (including phenoxy) is 3. The van der Waals surface area contributed by atoms with Gasteiger partial charge >= 0.3 is 0 Å². The van der Waals surface area contributed by atoms with Crippen molar-refractivity contribution < 1.29 is 14.2 Å². The average Bonchev–Trinajstić information content (AvgIpc) is 2.48. The van der Waals surface area contributed by atoms with Crippen LogP contribution in [-0.2, 0) is 14.2 Å². The van der Waals surface area contributed by atoms with Crippen LogP contribution in [0.5, 0.6) is 0 Å². The van der Waals surface area contributed by atoms with Gasteiger partial charge in [0.2, 0.25) is 0 Å². The summed E-state index contributed by atoms with van der Waals surface area (Å²) in [4.78, 5) is 2.21. The Balaban J connectivity index is 1.95. The molecule has 0 aliphatic carbocycles. The number of hydrogen-bond acceptors (Lipinski definition) is 5. The van der Waals surface area contributed by atoms with Gasteiger partial charge in [0.1, 0.15) is 0 Å². The van der Waals surface area contributed by atoms with E-state index in [0.29, 0.717) is 45.2 Å². The van der Waals surface area contributed by atoms with E-state index in [1.807, 2.05) is 24.3 Å². The molecule has 0 N–H and O–H groups in total. The molecule has 0 bridgehead atoms. The summed E-state index contributed by atoms with van der Waals surface area (Å²) in [5.74, 6) is 0. The Labute approximate surface area is 119 Å². The lowest BCUT2D eigenvalue weighted by molar-refractivity contribution is 0.0126. The zero-order chi connectivity index (χ0) is 14.0. The first-order chi connectivity index (χ1) is 9.90. The molecule has 1 aromatic carbocycles. The van der Waals surface area contributed by atoms with Gasteiger partial charge in [0.05, 0.1) is 51.3 Å². The third-order valence-corrected chi connectivity index (χ3v) is 3.12. The van der Waals surface area contributed by atoms with Crippen molar-refractivity contribution in [1.29, 1.82) is 5.26 Å². The van der Waals surface area contributed by atoms with Crippen molar-refractivity contribution >= 4 is 5.69 Å². The van der Waals surface area contributed by atoms with E-state index in [-0.39, 0.29) is 0 Å². The highest BCUT2D eigenvalue weighted by Gasteiger charge is 2.07. The molecule has 0 saturated carbocycles. The predicted molar refractivity (Wildman–Crippen MR) is 75.8 cm³/mol. The van der Waals surface area contributed by atoms with Gasteiger partial charge in [-0.1, -0.05) is 0 Å². The molecule has 1 aliphatic heterocycles. The van der Waals surface area contributed by atoms with Crippen LogP contribution in [0.2, 0.25) is 0 Å². The smallest absolute Gasteiger partial charge is 0.0991 e. The standard InChI is InChI=1S/C15H20N2O3/c16-13-14-1-3-15(4-2-14)17-5-7-18-9-11-20-12-10-19-8-6-17/h1-4H,5-12H2. The van der Waals surface area contributed by atoms with Gasteiger partial charge in [-0.05, 0) is 24.3 Å².